The minimum atomic E-state index is 0.148. The van der Waals surface area contributed by atoms with Gasteiger partial charge in [0, 0.05) is 29.1 Å². The fourth-order valence-corrected chi connectivity index (χ4v) is 3.76. The maximum Gasteiger partial charge on any atom is 0.145 e. The molecule has 3 aromatic rings. The lowest BCUT2D eigenvalue weighted by atomic mass is 9.96. The summed E-state index contributed by atoms with van der Waals surface area (Å²) in [6.07, 6.45) is 2.23. The molecule has 0 spiro atoms. The highest BCUT2D eigenvalue weighted by molar-refractivity contribution is 6.31. The van der Waals surface area contributed by atoms with Crippen molar-refractivity contribution in [3.8, 4) is 22.9 Å². The highest BCUT2D eigenvalue weighted by Crippen LogP contribution is 2.37. The Balaban J connectivity index is 1.89. The minimum Gasteiger partial charge on any atom is -0.497 e. The Hall–Kier alpha value is -2.81. The van der Waals surface area contributed by atoms with E-state index in [1.54, 1.807) is 7.11 Å². The number of aromatic nitrogens is 1. The largest absolute Gasteiger partial charge is 0.497 e. The van der Waals surface area contributed by atoms with E-state index in [9.17, 15) is 5.26 Å². The van der Waals surface area contributed by atoms with Crippen molar-refractivity contribution in [3.05, 3.63) is 53.1 Å². The number of nitrogens with zero attached hydrogens (tertiary/aromatic N) is 2. The number of nitrogens with one attached hydrogen (secondary N) is 1. The van der Waals surface area contributed by atoms with Gasteiger partial charge in [0.05, 0.1) is 18.7 Å². The van der Waals surface area contributed by atoms with Gasteiger partial charge in [-0.05, 0) is 48.7 Å². The number of methoxy groups -OCH3 is 1. The Morgan fingerprint density at radius 1 is 1.32 bits per heavy atom. The molecule has 1 aromatic heterocycles. The van der Waals surface area contributed by atoms with Crippen LogP contribution in [0.4, 0.5) is 5.82 Å². The Labute approximate surface area is 168 Å². The molecule has 1 fully saturated rings. The number of hydrogen-bond donors (Lipinski definition) is 1. The van der Waals surface area contributed by atoms with Crippen LogP contribution in [0.5, 0.6) is 5.75 Å². The molecule has 4 rings (SSSR count). The van der Waals surface area contributed by atoms with E-state index in [2.05, 4.69) is 11.4 Å². The van der Waals surface area contributed by atoms with Crippen LogP contribution in [-0.2, 0) is 4.74 Å². The zero-order chi connectivity index (χ0) is 19.5. The lowest BCUT2D eigenvalue weighted by molar-refractivity contribution is 0.120. The van der Waals surface area contributed by atoms with Crippen molar-refractivity contribution >= 4 is 28.3 Å². The molecule has 0 amide bonds. The highest BCUT2D eigenvalue weighted by atomic mass is 35.5. The van der Waals surface area contributed by atoms with E-state index in [0.717, 1.165) is 41.5 Å². The fraction of sp³-hybridized carbons (Fsp3) is 0.273. The van der Waals surface area contributed by atoms with Crippen molar-refractivity contribution in [3.63, 3.8) is 0 Å². The van der Waals surface area contributed by atoms with Gasteiger partial charge >= 0.3 is 0 Å². The number of benzene rings is 2. The van der Waals surface area contributed by atoms with Gasteiger partial charge in [-0.1, -0.05) is 23.7 Å². The van der Waals surface area contributed by atoms with Gasteiger partial charge in [0.25, 0.3) is 0 Å². The van der Waals surface area contributed by atoms with Crippen LogP contribution in [0.15, 0.2) is 42.5 Å². The quantitative estimate of drug-likeness (QED) is 0.658. The molecule has 1 N–H and O–H groups in total. The van der Waals surface area contributed by atoms with Crippen LogP contribution in [0.25, 0.3) is 22.0 Å². The normalized spacial score (nSPS) is 16.1. The van der Waals surface area contributed by atoms with Crippen molar-refractivity contribution in [2.45, 2.75) is 18.9 Å². The first kappa shape index (κ1) is 18.5. The molecular weight excluding hydrogens is 374 g/mol. The van der Waals surface area contributed by atoms with Crippen LogP contribution in [0.1, 0.15) is 18.4 Å². The summed E-state index contributed by atoms with van der Waals surface area (Å²) in [6, 6.07) is 15.5. The van der Waals surface area contributed by atoms with Crippen molar-refractivity contribution in [1.29, 1.82) is 5.26 Å². The van der Waals surface area contributed by atoms with E-state index in [4.69, 9.17) is 26.1 Å². The van der Waals surface area contributed by atoms with Crippen LogP contribution in [0.2, 0.25) is 5.02 Å². The van der Waals surface area contributed by atoms with Gasteiger partial charge in [0.2, 0.25) is 0 Å². The third-order valence-electron chi connectivity index (χ3n) is 4.94. The molecular formula is C22H20ClN3O2. The molecule has 0 aliphatic carbocycles. The summed E-state index contributed by atoms with van der Waals surface area (Å²) in [7, 11) is 1.62. The van der Waals surface area contributed by atoms with Gasteiger partial charge in [0.15, 0.2) is 0 Å². The van der Waals surface area contributed by atoms with Gasteiger partial charge in [-0.2, -0.15) is 5.26 Å². The molecule has 1 atom stereocenters. The maximum absolute atomic E-state index is 9.98. The number of pyridine rings is 1. The second-order valence-electron chi connectivity index (χ2n) is 6.73. The lowest BCUT2D eigenvalue weighted by Gasteiger charge is -2.17. The van der Waals surface area contributed by atoms with Crippen LogP contribution >= 0.6 is 11.6 Å². The summed E-state index contributed by atoms with van der Waals surface area (Å²) >= 11 is 6.23. The molecule has 1 aliphatic heterocycles. The Bertz CT molecular complexity index is 1060. The second kappa shape index (κ2) is 8.05. The van der Waals surface area contributed by atoms with Crippen molar-refractivity contribution in [2.75, 3.05) is 25.6 Å². The fourth-order valence-electron chi connectivity index (χ4n) is 3.57. The lowest BCUT2D eigenvalue weighted by Crippen LogP contribution is -2.19. The molecule has 0 saturated carbocycles. The average Bonchev–Trinajstić information content (AvgIpc) is 3.24. The third kappa shape index (κ3) is 3.62. The van der Waals surface area contributed by atoms with Crippen molar-refractivity contribution in [2.24, 2.45) is 0 Å². The molecule has 142 valence electrons. The molecule has 6 heteroatoms. The number of nitriles is 1. The molecule has 0 radical (unpaired) electrons. The molecule has 5 nitrogen and oxygen atoms in total. The number of fused-ring (bicyclic) bond motifs is 1. The van der Waals surface area contributed by atoms with E-state index in [1.807, 2.05) is 42.5 Å². The Morgan fingerprint density at radius 3 is 2.93 bits per heavy atom. The smallest absolute Gasteiger partial charge is 0.145 e. The zero-order valence-corrected chi connectivity index (χ0v) is 16.3. The van der Waals surface area contributed by atoms with E-state index < -0.39 is 0 Å². The van der Waals surface area contributed by atoms with Gasteiger partial charge < -0.3 is 14.8 Å². The van der Waals surface area contributed by atoms with Gasteiger partial charge in [0.1, 0.15) is 23.2 Å². The van der Waals surface area contributed by atoms with Crippen molar-refractivity contribution in [1.82, 2.24) is 4.98 Å². The predicted octanol–water partition coefficient (Wildman–Crippen LogP) is 5.03. The Morgan fingerprint density at radius 2 is 2.21 bits per heavy atom. The summed E-state index contributed by atoms with van der Waals surface area (Å²) in [5, 5.41) is 14.8. The van der Waals surface area contributed by atoms with Crippen molar-refractivity contribution < 1.29 is 9.47 Å². The standard InChI is InChI=1S/C22H20ClN3O2/c1-27-16-7-8-20-18(11-16)21(14-4-2-5-15(23)10-14)19(12-24)22(26-20)25-13-17-6-3-9-28-17/h2,4-5,7-8,10-11,17H,3,6,9,13H2,1H3,(H,25,26). The van der Waals surface area contributed by atoms with Crippen LogP contribution in [0, 0.1) is 11.3 Å². The molecule has 1 unspecified atom stereocenters. The number of halogens is 1. The molecule has 2 aromatic carbocycles. The number of hydrogen-bond acceptors (Lipinski definition) is 5. The Kier molecular flexibility index (Phi) is 5.34. The zero-order valence-electron chi connectivity index (χ0n) is 15.5. The maximum atomic E-state index is 9.98. The van der Waals surface area contributed by atoms with Gasteiger partial charge in [-0.15, -0.1) is 0 Å². The summed E-state index contributed by atoms with van der Waals surface area (Å²) in [5.74, 6) is 1.27. The number of rotatable bonds is 5. The molecule has 1 aliphatic rings. The topological polar surface area (TPSA) is 67.2 Å². The molecule has 28 heavy (non-hydrogen) atoms. The number of ether oxygens (including phenoxy) is 2. The first-order valence-corrected chi connectivity index (χ1v) is 9.60. The minimum absolute atomic E-state index is 0.148. The molecule has 1 saturated heterocycles. The first-order chi connectivity index (χ1) is 13.7. The van der Waals surface area contributed by atoms with E-state index in [1.165, 1.54) is 0 Å². The summed E-state index contributed by atoms with van der Waals surface area (Å²) in [4.78, 5) is 4.71. The average molecular weight is 394 g/mol. The van der Waals surface area contributed by atoms with E-state index >= 15 is 0 Å². The van der Waals surface area contributed by atoms with E-state index in [-0.39, 0.29) is 6.10 Å². The monoisotopic (exact) mass is 393 g/mol. The summed E-state index contributed by atoms with van der Waals surface area (Å²) < 4.78 is 11.1. The number of anilines is 1. The first-order valence-electron chi connectivity index (χ1n) is 9.23. The van der Waals surface area contributed by atoms with Crippen LogP contribution < -0.4 is 10.1 Å². The molecule has 2 heterocycles. The van der Waals surface area contributed by atoms with Gasteiger partial charge in [-0.3, -0.25) is 0 Å². The van der Waals surface area contributed by atoms with Crippen LogP contribution in [0.3, 0.4) is 0 Å². The second-order valence-corrected chi connectivity index (χ2v) is 7.17. The molecule has 0 bridgehead atoms. The van der Waals surface area contributed by atoms with Gasteiger partial charge in [-0.25, -0.2) is 4.98 Å². The predicted molar refractivity (Wildman–Crippen MR) is 111 cm³/mol. The van der Waals surface area contributed by atoms with Crippen LogP contribution in [-0.4, -0.2) is 31.3 Å². The summed E-state index contributed by atoms with van der Waals surface area (Å²) in [5.41, 5.74) is 2.93. The summed E-state index contributed by atoms with van der Waals surface area (Å²) in [6.45, 7) is 1.41. The third-order valence-corrected chi connectivity index (χ3v) is 5.17. The highest BCUT2D eigenvalue weighted by Gasteiger charge is 2.20. The van der Waals surface area contributed by atoms with E-state index in [0.29, 0.717) is 28.7 Å². The SMILES string of the molecule is COc1ccc2nc(NCC3CCCO3)c(C#N)c(-c3cccc(Cl)c3)c2c1.